The summed E-state index contributed by atoms with van der Waals surface area (Å²) in [4.78, 5) is 12.7. The third-order valence-corrected chi connectivity index (χ3v) is 10.5. The molecule has 5 atom stereocenters. The fraction of sp³-hybridized carbons (Fsp3) is 0.500. The molecule has 2 unspecified atom stereocenters. The van der Waals surface area contributed by atoms with Gasteiger partial charge >= 0.3 is 5.97 Å². The maximum absolute atomic E-state index is 12.7. The molecule has 0 saturated heterocycles. The summed E-state index contributed by atoms with van der Waals surface area (Å²) in [5, 5.41) is 0. The van der Waals surface area contributed by atoms with Crippen LogP contribution in [0.1, 0.15) is 87.6 Å². The summed E-state index contributed by atoms with van der Waals surface area (Å²) in [7, 11) is 0. The Balaban J connectivity index is 1.15. The molecule has 0 aromatic heterocycles. The van der Waals surface area contributed by atoms with E-state index in [9.17, 15) is 4.79 Å². The Hall–Kier alpha value is -2.61. The highest BCUT2D eigenvalue weighted by atomic mass is 16.5. The number of esters is 1. The molecule has 2 heteroatoms. The first-order valence-corrected chi connectivity index (χ1v) is 14.2. The summed E-state index contributed by atoms with van der Waals surface area (Å²) in [5.41, 5.74) is 7.96. The molecule has 1 fully saturated rings. The summed E-state index contributed by atoms with van der Waals surface area (Å²) in [6, 6.07) is 20.5. The standard InChI is InChI=1S/C34H40O2/c1-33-22-20-31-29(30(33)18-16-26(33)14-13-24-9-5-3-6-10-24)17-15-27-23-28(19-21-34(27,31)2)36-32(35)25-11-7-4-8-12-25/h3-12,18,26-28H,13-17,19-23H2,1-2H3/t26-,27?,28?,33+,34-/m0/s1. The molecule has 0 amide bonds. The highest BCUT2D eigenvalue weighted by Gasteiger charge is 2.52. The van der Waals surface area contributed by atoms with Gasteiger partial charge in [0.1, 0.15) is 6.10 Å². The van der Waals surface area contributed by atoms with Crippen LogP contribution in [-0.2, 0) is 11.2 Å². The van der Waals surface area contributed by atoms with Gasteiger partial charge in [0, 0.05) is 0 Å². The number of fused-ring (bicyclic) bond motifs is 4. The van der Waals surface area contributed by atoms with Crippen molar-refractivity contribution < 1.29 is 9.53 Å². The third-order valence-electron chi connectivity index (χ3n) is 10.5. The molecular weight excluding hydrogens is 440 g/mol. The Morgan fingerprint density at radius 1 is 0.917 bits per heavy atom. The molecule has 2 aromatic rings. The Bertz CT molecular complexity index is 1180. The second-order valence-corrected chi connectivity index (χ2v) is 12.3. The molecule has 0 aliphatic heterocycles. The second-order valence-electron chi connectivity index (χ2n) is 12.3. The van der Waals surface area contributed by atoms with Gasteiger partial charge in [-0.25, -0.2) is 4.79 Å². The molecule has 2 nitrogen and oxygen atoms in total. The van der Waals surface area contributed by atoms with Crippen molar-refractivity contribution in [1.82, 2.24) is 0 Å². The average Bonchev–Trinajstić information content (AvgIpc) is 3.25. The molecule has 188 valence electrons. The van der Waals surface area contributed by atoms with Gasteiger partial charge in [0.25, 0.3) is 0 Å². The van der Waals surface area contributed by atoms with Crippen LogP contribution in [0.15, 0.2) is 83.5 Å². The van der Waals surface area contributed by atoms with Gasteiger partial charge in [0.15, 0.2) is 0 Å². The van der Waals surface area contributed by atoms with Gasteiger partial charge in [-0.05, 0) is 116 Å². The van der Waals surface area contributed by atoms with Crippen LogP contribution in [0.25, 0.3) is 0 Å². The van der Waals surface area contributed by atoms with E-state index < -0.39 is 0 Å². The number of hydrogen-bond acceptors (Lipinski definition) is 2. The van der Waals surface area contributed by atoms with E-state index in [1.54, 1.807) is 16.7 Å². The van der Waals surface area contributed by atoms with Crippen LogP contribution in [0.3, 0.4) is 0 Å². The van der Waals surface area contributed by atoms with Gasteiger partial charge in [0.2, 0.25) is 0 Å². The Morgan fingerprint density at radius 3 is 2.44 bits per heavy atom. The summed E-state index contributed by atoms with van der Waals surface area (Å²) >= 11 is 0. The molecule has 0 bridgehead atoms. The Labute approximate surface area is 216 Å². The molecule has 2 aromatic carbocycles. The normalized spacial score (nSPS) is 33.3. The molecule has 0 N–H and O–H groups in total. The van der Waals surface area contributed by atoms with Crippen molar-refractivity contribution in [3.63, 3.8) is 0 Å². The number of benzene rings is 2. The molecule has 0 heterocycles. The van der Waals surface area contributed by atoms with E-state index in [0.29, 0.717) is 16.9 Å². The van der Waals surface area contributed by atoms with Gasteiger partial charge in [-0.1, -0.05) is 74.0 Å². The molecule has 4 aliphatic carbocycles. The number of allylic oxidation sites excluding steroid dienone is 4. The van der Waals surface area contributed by atoms with Crippen molar-refractivity contribution in [3.05, 3.63) is 94.6 Å². The van der Waals surface area contributed by atoms with Crippen LogP contribution in [0.4, 0.5) is 0 Å². The highest BCUT2D eigenvalue weighted by molar-refractivity contribution is 5.89. The van der Waals surface area contributed by atoms with Crippen molar-refractivity contribution in [2.45, 2.75) is 84.2 Å². The van der Waals surface area contributed by atoms with E-state index in [4.69, 9.17) is 4.74 Å². The van der Waals surface area contributed by atoms with Gasteiger partial charge in [0.05, 0.1) is 5.56 Å². The number of rotatable bonds is 5. The summed E-state index contributed by atoms with van der Waals surface area (Å²) in [6.07, 6.45) is 14.5. The van der Waals surface area contributed by atoms with Crippen LogP contribution >= 0.6 is 0 Å². The second kappa shape index (κ2) is 9.36. The molecule has 0 radical (unpaired) electrons. The quantitative estimate of drug-likeness (QED) is 0.401. The largest absolute Gasteiger partial charge is 0.459 e. The lowest BCUT2D eigenvalue weighted by atomic mass is 9.52. The van der Waals surface area contributed by atoms with E-state index in [-0.39, 0.29) is 17.5 Å². The van der Waals surface area contributed by atoms with Crippen LogP contribution in [0.5, 0.6) is 0 Å². The van der Waals surface area contributed by atoms with Crippen molar-refractivity contribution >= 4 is 5.97 Å². The zero-order valence-electron chi connectivity index (χ0n) is 22.0. The maximum Gasteiger partial charge on any atom is 0.338 e. The summed E-state index contributed by atoms with van der Waals surface area (Å²) in [5.74, 6) is 1.23. The Morgan fingerprint density at radius 2 is 1.67 bits per heavy atom. The summed E-state index contributed by atoms with van der Waals surface area (Å²) in [6.45, 7) is 5.10. The molecule has 0 spiro atoms. The number of hydrogen-bond donors (Lipinski definition) is 0. The van der Waals surface area contributed by atoms with E-state index in [2.05, 4.69) is 50.3 Å². The van der Waals surface area contributed by atoms with Crippen LogP contribution < -0.4 is 0 Å². The molecule has 6 rings (SSSR count). The molecular formula is C34H40O2. The Kier molecular flexibility index (Phi) is 6.18. The van der Waals surface area contributed by atoms with E-state index in [1.165, 1.54) is 50.5 Å². The lowest BCUT2D eigenvalue weighted by Crippen LogP contribution is -2.44. The topological polar surface area (TPSA) is 26.3 Å². The zero-order valence-corrected chi connectivity index (χ0v) is 22.0. The first kappa shape index (κ1) is 23.8. The van der Waals surface area contributed by atoms with Crippen LogP contribution in [0, 0.1) is 22.7 Å². The van der Waals surface area contributed by atoms with Crippen LogP contribution in [-0.4, -0.2) is 12.1 Å². The van der Waals surface area contributed by atoms with E-state index >= 15 is 0 Å². The van der Waals surface area contributed by atoms with Gasteiger partial charge in [-0.3, -0.25) is 0 Å². The average molecular weight is 481 g/mol. The molecule has 1 saturated carbocycles. The SMILES string of the molecule is C[C@]12CCC3=C(CCC4CC(OC(=O)c5ccccc5)CC[C@]34C)C1=CC[C@@H]2CCc1ccccc1. The third kappa shape index (κ3) is 4.07. The van der Waals surface area contributed by atoms with E-state index in [1.807, 2.05) is 30.3 Å². The summed E-state index contributed by atoms with van der Waals surface area (Å²) < 4.78 is 6.00. The van der Waals surface area contributed by atoms with Crippen molar-refractivity contribution in [3.8, 4) is 0 Å². The van der Waals surface area contributed by atoms with Gasteiger partial charge in [-0.15, -0.1) is 0 Å². The predicted molar refractivity (Wildman–Crippen MR) is 146 cm³/mol. The fourth-order valence-corrected chi connectivity index (χ4v) is 8.23. The van der Waals surface area contributed by atoms with Crippen molar-refractivity contribution in [2.75, 3.05) is 0 Å². The zero-order chi connectivity index (χ0) is 24.8. The lowest BCUT2D eigenvalue weighted by Gasteiger charge is -2.53. The molecule has 36 heavy (non-hydrogen) atoms. The number of ether oxygens (including phenoxy) is 1. The number of carbonyl (C=O) groups is 1. The minimum absolute atomic E-state index is 0.0554. The van der Waals surface area contributed by atoms with E-state index in [0.717, 1.165) is 25.2 Å². The van der Waals surface area contributed by atoms with Gasteiger partial charge in [-0.2, -0.15) is 0 Å². The minimum atomic E-state index is -0.161. The monoisotopic (exact) mass is 480 g/mol. The first-order chi connectivity index (χ1) is 17.5. The highest BCUT2D eigenvalue weighted by Crippen LogP contribution is 2.63. The predicted octanol–water partition coefficient (Wildman–Crippen LogP) is 8.49. The fourth-order valence-electron chi connectivity index (χ4n) is 8.23. The van der Waals surface area contributed by atoms with Crippen molar-refractivity contribution in [1.29, 1.82) is 0 Å². The lowest BCUT2D eigenvalue weighted by molar-refractivity contribution is -0.0122. The smallest absolute Gasteiger partial charge is 0.338 e. The maximum atomic E-state index is 12.7. The van der Waals surface area contributed by atoms with Crippen LogP contribution in [0.2, 0.25) is 0 Å². The first-order valence-electron chi connectivity index (χ1n) is 14.2. The van der Waals surface area contributed by atoms with Gasteiger partial charge < -0.3 is 4.74 Å². The number of aryl methyl sites for hydroxylation is 1. The van der Waals surface area contributed by atoms with Crippen molar-refractivity contribution in [2.24, 2.45) is 22.7 Å². The number of carbonyl (C=O) groups excluding carboxylic acids is 1. The molecule has 4 aliphatic rings. The minimum Gasteiger partial charge on any atom is -0.459 e.